The molecule has 3 rings (SSSR count). The van der Waals surface area contributed by atoms with Crippen LogP contribution in [0, 0.1) is 11.7 Å². The Hall–Kier alpha value is -2.45. The summed E-state index contributed by atoms with van der Waals surface area (Å²) >= 11 is 0. The van der Waals surface area contributed by atoms with Crippen LogP contribution in [-0.2, 0) is 10.0 Å². The van der Waals surface area contributed by atoms with E-state index in [2.05, 4.69) is 4.72 Å². The zero-order valence-corrected chi connectivity index (χ0v) is 15.7. The molecule has 1 aliphatic heterocycles. The summed E-state index contributed by atoms with van der Waals surface area (Å²) in [6.45, 7) is 3.05. The lowest BCUT2D eigenvalue weighted by Crippen LogP contribution is -2.34. The van der Waals surface area contributed by atoms with Crippen molar-refractivity contribution in [3.63, 3.8) is 0 Å². The molecule has 0 radical (unpaired) electrons. The molecule has 27 heavy (non-hydrogen) atoms. The first kappa shape index (κ1) is 19.3. The van der Waals surface area contributed by atoms with Gasteiger partial charge in [0.15, 0.2) is 0 Å². The number of likely N-dealkylation sites (tertiary alicyclic amines) is 1. The van der Waals surface area contributed by atoms with Crippen molar-refractivity contribution in [1.82, 2.24) is 4.90 Å². The molecule has 8 heteroatoms. The van der Waals surface area contributed by atoms with E-state index in [4.69, 9.17) is 5.73 Å². The summed E-state index contributed by atoms with van der Waals surface area (Å²) in [5.41, 5.74) is 6.26. The largest absolute Gasteiger partial charge is 0.336 e. The van der Waals surface area contributed by atoms with E-state index in [9.17, 15) is 17.6 Å². The lowest BCUT2D eigenvalue weighted by Gasteiger charge is -2.22. The van der Waals surface area contributed by atoms with Crippen LogP contribution < -0.4 is 10.5 Å². The molecular weight excluding hydrogens is 369 g/mol. The number of nitrogens with two attached hydrogens (primary N) is 1. The Balaban J connectivity index is 1.82. The van der Waals surface area contributed by atoms with Crippen molar-refractivity contribution in [2.45, 2.75) is 24.3 Å². The summed E-state index contributed by atoms with van der Waals surface area (Å²) in [5, 5.41) is 0. The molecule has 1 amide bonds. The van der Waals surface area contributed by atoms with E-state index in [1.165, 1.54) is 42.5 Å². The third-order valence-electron chi connectivity index (χ3n) is 4.74. The molecule has 0 aliphatic carbocycles. The van der Waals surface area contributed by atoms with Crippen molar-refractivity contribution in [3.05, 3.63) is 59.9 Å². The molecule has 0 spiro atoms. The zero-order chi connectivity index (χ0) is 19.6. The van der Waals surface area contributed by atoms with Gasteiger partial charge in [-0.2, -0.15) is 0 Å². The predicted molar refractivity (Wildman–Crippen MR) is 101 cm³/mol. The number of carbonyl (C=O) groups is 1. The van der Waals surface area contributed by atoms with Crippen molar-refractivity contribution >= 4 is 21.6 Å². The van der Waals surface area contributed by atoms with Gasteiger partial charge in [-0.25, -0.2) is 12.8 Å². The third-order valence-corrected chi connectivity index (χ3v) is 6.12. The standard InChI is InChI=1S/C19H22FN3O3S/c1-13-9-14(11-21)12-23(13)19(24)15-3-2-4-18(10-15)27(25,26)22-17-7-5-16(20)6-8-17/h2-8,10,13-14,22H,9,11-12,21H2,1H3. The predicted octanol–water partition coefficient (Wildman–Crippen LogP) is 2.44. The number of nitrogens with zero attached hydrogens (tertiary/aromatic N) is 1. The van der Waals surface area contributed by atoms with Crippen molar-refractivity contribution < 1.29 is 17.6 Å². The van der Waals surface area contributed by atoms with Crippen LogP contribution in [-0.4, -0.2) is 38.4 Å². The van der Waals surface area contributed by atoms with Crippen LogP contribution in [0.1, 0.15) is 23.7 Å². The van der Waals surface area contributed by atoms with Crippen LogP contribution in [0.3, 0.4) is 0 Å². The van der Waals surface area contributed by atoms with E-state index in [-0.39, 0.29) is 28.4 Å². The van der Waals surface area contributed by atoms with Gasteiger partial charge in [-0.3, -0.25) is 9.52 Å². The normalized spacial score (nSPS) is 19.9. The first-order valence-corrected chi connectivity index (χ1v) is 10.2. The lowest BCUT2D eigenvalue weighted by atomic mass is 10.1. The zero-order valence-electron chi connectivity index (χ0n) is 14.9. The van der Waals surface area contributed by atoms with E-state index in [1.807, 2.05) is 6.92 Å². The minimum Gasteiger partial charge on any atom is -0.336 e. The molecule has 2 atom stereocenters. The highest BCUT2D eigenvalue weighted by Crippen LogP contribution is 2.25. The summed E-state index contributed by atoms with van der Waals surface area (Å²) in [4.78, 5) is 14.5. The molecule has 0 saturated carbocycles. The Bertz CT molecular complexity index is 931. The van der Waals surface area contributed by atoms with Gasteiger partial charge >= 0.3 is 0 Å². The number of amides is 1. The van der Waals surface area contributed by atoms with E-state index in [0.717, 1.165) is 6.42 Å². The van der Waals surface area contributed by atoms with E-state index in [0.29, 0.717) is 18.7 Å². The number of hydrogen-bond acceptors (Lipinski definition) is 4. The number of sulfonamides is 1. The summed E-state index contributed by atoms with van der Waals surface area (Å²) < 4.78 is 40.6. The van der Waals surface area contributed by atoms with Gasteiger partial charge in [0.25, 0.3) is 15.9 Å². The topological polar surface area (TPSA) is 92.5 Å². The minimum atomic E-state index is -3.90. The number of hydrogen-bond donors (Lipinski definition) is 2. The number of anilines is 1. The molecule has 1 heterocycles. The van der Waals surface area contributed by atoms with Crippen LogP contribution >= 0.6 is 0 Å². The second kappa shape index (κ2) is 7.66. The smallest absolute Gasteiger partial charge is 0.261 e. The summed E-state index contributed by atoms with van der Waals surface area (Å²) in [5.74, 6) is -0.408. The van der Waals surface area contributed by atoms with Gasteiger partial charge in [-0.05, 0) is 68.3 Å². The average molecular weight is 391 g/mol. The molecule has 1 saturated heterocycles. The molecule has 2 aromatic carbocycles. The highest BCUT2D eigenvalue weighted by atomic mass is 32.2. The van der Waals surface area contributed by atoms with Crippen LogP contribution in [0.5, 0.6) is 0 Å². The molecule has 144 valence electrons. The van der Waals surface area contributed by atoms with E-state index < -0.39 is 15.8 Å². The fraction of sp³-hybridized carbons (Fsp3) is 0.316. The maximum Gasteiger partial charge on any atom is 0.261 e. The first-order chi connectivity index (χ1) is 12.8. The SMILES string of the molecule is CC1CC(CN)CN1C(=O)c1cccc(S(=O)(=O)Nc2ccc(F)cc2)c1. The molecule has 0 bridgehead atoms. The minimum absolute atomic E-state index is 0.0279. The van der Waals surface area contributed by atoms with Gasteiger partial charge in [0.1, 0.15) is 5.82 Å². The fourth-order valence-electron chi connectivity index (χ4n) is 3.29. The first-order valence-electron chi connectivity index (χ1n) is 8.69. The monoisotopic (exact) mass is 391 g/mol. The van der Waals surface area contributed by atoms with E-state index >= 15 is 0 Å². The molecule has 2 unspecified atom stereocenters. The molecule has 0 aromatic heterocycles. The number of rotatable bonds is 5. The summed E-state index contributed by atoms with van der Waals surface area (Å²) in [7, 11) is -3.90. The molecular formula is C19H22FN3O3S. The number of carbonyl (C=O) groups excluding carboxylic acids is 1. The quantitative estimate of drug-likeness (QED) is 0.819. The van der Waals surface area contributed by atoms with Crippen molar-refractivity contribution in [2.75, 3.05) is 17.8 Å². The maximum atomic E-state index is 13.0. The summed E-state index contributed by atoms with van der Waals surface area (Å²) in [6, 6.07) is 11.0. The second-order valence-corrected chi connectivity index (χ2v) is 8.47. The summed E-state index contributed by atoms with van der Waals surface area (Å²) in [6.07, 6.45) is 0.840. The third kappa shape index (κ3) is 4.28. The molecule has 1 fully saturated rings. The van der Waals surface area contributed by atoms with Crippen LogP contribution in [0.25, 0.3) is 0 Å². The second-order valence-electron chi connectivity index (χ2n) is 6.78. The Morgan fingerprint density at radius 3 is 2.59 bits per heavy atom. The lowest BCUT2D eigenvalue weighted by molar-refractivity contribution is 0.0743. The Morgan fingerprint density at radius 1 is 1.26 bits per heavy atom. The molecule has 3 N–H and O–H groups in total. The van der Waals surface area contributed by atoms with Gasteiger partial charge in [-0.1, -0.05) is 6.07 Å². The van der Waals surface area contributed by atoms with Gasteiger partial charge in [0.05, 0.1) is 4.90 Å². The Labute approximate surface area is 158 Å². The number of halogens is 1. The fourth-order valence-corrected chi connectivity index (χ4v) is 4.39. The molecule has 6 nitrogen and oxygen atoms in total. The number of nitrogens with one attached hydrogen (secondary N) is 1. The number of benzene rings is 2. The van der Waals surface area contributed by atoms with Crippen molar-refractivity contribution in [2.24, 2.45) is 11.7 Å². The Morgan fingerprint density at radius 2 is 1.96 bits per heavy atom. The highest BCUT2D eigenvalue weighted by Gasteiger charge is 2.32. The van der Waals surface area contributed by atoms with Crippen LogP contribution in [0.4, 0.5) is 10.1 Å². The average Bonchev–Trinajstić information content (AvgIpc) is 3.04. The Kier molecular flexibility index (Phi) is 5.48. The van der Waals surface area contributed by atoms with Crippen molar-refractivity contribution in [3.8, 4) is 0 Å². The van der Waals surface area contributed by atoms with Crippen LogP contribution in [0.2, 0.25) is 0 Å². The van der Waals surface area contributed by atoms with Gasteiger partial charge < -0.3 is 10.6 Å². The van der Waals surface area contributed by atoms with Crippen LogP contribution in [0.15, 0.2) is 53.4 Å². The van der Waals surface area contributed by atoms with Gasteiger partial charge in [0, 0.05) is 23.8 Å². The molecule has 2 aromatic rings. The van der Waals surface area contributed by atoms with Crippen molar-refractivity contribution in [1.29, 1.82) is 0 Å². The molecule has 1 aliphatic rings. The van der Waals surface area contributed by atoms with E-state index in [1.54, 1.807) is 11.0 Å². The van der Waals surface area contributed by atoms with Gasteiger partial charge in [-0.15, -0.1) is 0 Å². The maximum absolute atomic E-state index is 13.0. The van der Waals surface area contributed by atoms with Gasteiger partial charge in [0.2, 0.25) is 0 Å². The highest BCUT2D eigenvalue weighted by molar-refractivity contribution is 7.92.